The molecule has 3 rings (SSSR count). The van der Waals surface area contributed by atoms with Gasteiger partial charge >= 0.3 is 0 Å². The zero-order chi connectivity index (χ0) is 18.7. The van der Waals surface area contributed by atoms with E-state index in [4.69, 9.17) is 11.6 Å². The zero-order valence-electron chi connectivity index (χ0n) is 15.0. The third-order valence-corrected chi connectivity index (χ3v) is 5.16. The third-order valence-electron chi connectivity index (χ3n) is 4.94. The molecule has 1 amide bonds. The van der Waals surface area contributed by atoms with Crippen molar-refractivity contribution in [1.29, 1.82) is 0 Å². The van der Waals surface area contributed by atoms with Gasteiger partial charge in [-0.3, -0.25) is 14.5 Å². The lowest BCUT2D eigenvalue weighted by molar-refractivity contribution is -0.121. The molecule has 3 heterocycles. The molecule has 2 aromatic heterocycles. The van der Waals surface area contributed by atoms with E-state index in [2.05, 4.69) is 15.2 Å². The Morgan fingerprint density at radius 3 is 2.85 bits per heavy atom. The fourth-order valence-electron chi connectivity index (χ4n) is 3.33. The van der Waals surface area contributed by atoms with Crippen molar-refractivity contribution in [2.45, 2.75) is 31.7 Å². The second kappa shape index (κ2) is 8.01. The smallest absolute Gasteiger partial charge is 0.250 e. The summed E-state index contributed by atoms with van der Waals surface area (Å²) in [4.78, 5) is 30.5. The van der Waals surface area contributed by atoms with Crippen molar-refractivity contribution in [3.63, 3.8) is 0 Å². The molecule has 0 bridgehead atoms. The lowest BCUT2D eigenvalue weighted by Gasteiger charge is -2.36. The summed E-state index contributed by atoms with van der Waals surface area (Å²) in [6, 6.07) is 6.64. The molecule has 1 aliphatic rings. The first kappa shape index (κ1) is 18.6. The standard InChI is InChI=1S/C19H23ClN4O2/c1-13(19(26)22-17-7-6-16(20)10-21-17)24-9-3-4-14(12-24)15-5-8-18(25)23(2)11-15/h5-8,10-11,13-14H,3-4,9,12H2,1-2H3,(H,21,22,26)/t13?,14-/m1/s1. The van der Waals surface area contributed by atoms with Crippen molar-refractivity contribution >= 4 is 23.3 Å². The second-order valence-corrected chi connectivity index (χ2v) is 7.21. The topological polar surface area (TPSA) is 67.2 Å². The Kier molecular flexibility index (Phi) is 5.74. The maximum atomic E-state index is 12.6. The number of amides is 1. The lowest BCUT2D eigenvalue weighted by Crippen LogP contribution is -2.46. The molecule has 0 spiro atoms. The van der Waals surface area contributed by atoms with Crippen LogP contribution in [0.1, 0.15) is 31.2 Å². The van der Waals surface area contributed by atoms with Crippen LogP contribution in [0.2, 0.25) is 5.02 Å². The highest BCUT2D eigenvalue weighted by Crippen LogP contribution is 2.27. The highest BCUT2D eigenvalue weighted by molar-refractivity contribution is 6.30. The minimum atomic E-state index is -0.261. The summed E-state index contributed by atoms with van der Waals surface area (Å²) in [5.41, 5.74) is 1.13. The molecule has 1 saturated heterocycles. The summed E-state index contributed by atoms with van der Waals surface area (Å²) < 4.78 is 1.61. The summed E-state index contributed by atoms with van der Waals surface area (Å²) in [7, 11) is 1.77. The van der Waals surface area contributed by atoms with Crippen LogP contribution in [0.4, 0.5) is 5.82 Å². The van der Waals surface area contributed by atoms with E-state index >= 15 is 0 Å². The number of nitrogens with one attached hydrogen (secondary N) is 1. The largest absolute Gasteiger partial charge is 0.318 e. The van der Waals surface area contributed by atoms with Crippen LogP contribution in [0.25, 0.3) is 0 Å². The number of halogens is 1. The van der Waals surface area contributed by atoms with E-state index in [9.17, 15) is 9.59 Å². The van der Waals surface area contributed by atoms with Crippen LogP contribution in [0.5, 0.6) is 0 Å². The van der Waals surface area contributed by atoms with Crippen molar-refractivity contribution in [3.05, 3.63) is 57.6 Å². The Bertz CT molecular complexity index is 834. The number of likely N-dealkylation sites (tertiary alicyclic amines) is 1. The molecule has 138 valence electrons. The minimum absolute atomic E-state index is 0.00961. The Labute approximate surface area is 157 Å². The predicted molar refractivity (Wildman–Crippen MR) is 103 cm³/mol. The average Bonchev–Trinajstić information content (AvgIpc) is 2.65. The maximum Gasteiger partial charge on any atom is 0.250 e. The number of piperidine rings is 1. The first-order chi connectivity index (χ1) is 12.4. The van der Waals surface area contributed by atoms with Crippen molar-refractivity contribution in [3.8, 4) is 0 Å². The van der Waals surface area contributed by atoms with Gasteiger partial charge in [0, 0.05) is 32.1 Å². The van der Waals surface area contributed by atoms with Crippen LogP contribution in [-0.2, 0) is 11.8 Å². The first-order valence-electron chi connectivity index (χ1n) is 8.77. The highest BCUT2D eigenvalue weighted by atomic mass is 35.5. The van der Waals surface area contributed by atoms with Gasteiger partial charge < -0.3 is 9.88 Å². The minimum Gasteiger partial charge on any atom is -0.318 e. The molecular formula is C19H23ClN4O2. The molecule has 0 radical (unpaired) electrons. The fraction of sp³-hybridized carbons (Fsp3) is 0.421. The van der Waals surface area contributed by atoms with Crippen molar-refractivity contribution < 1.29 is 4.79 Å². The molecule has 1 aliphatic heterocycles. The number of rotatable bonds is 4. The van der Waals surface area contributed by atoms with Crippen LogP contribution in [0, 0.1) is 0 Å². The quantitative estimate of drug-likeness (QED) is 0.893. The monoisotopic (exact) mass is 374 g/mol. The Morgan fingerprint density at radius 2 is 2.15 bits per heavy atom. The average molecular weight is 375 g/mol. The highest BCUT2D eigenvalue weighted by Gasteiger charge is 2.28. The van der Waals surface area contributed by atoms with Crippen LogP contribution in [0.3, 0.4) is 0 Å². The van der Waals surface area contributed by atoms with Gasteiger partial charge in [-0.05, 0) is 49.9 Å². The summed E-state index contributed by atoms with van der Waals surface area (Å²) in [6.07, 6.45) is 5.49. The molecule has 1 unspecified atom stereocenters. The Morgan fingerprint density at radius 1 is 1.35 bits per heavy atom. The van der Waals surface area contributed by atoms with E-state index < -0.39 is 0 Å². The van der Waals surface area contributed by atoms with Crippen LogP contribution >= 0.6 is 11.6 Å². The van der Waals surface area contributed by atoms with Gasteiger partial charge in [0.25, 0.3) is 0 Å². The summed E-state index contributed by atoms with van der Waals surface area (Å²) >= 11 is 5.82. The van der Waals surface area contributed by atoms with Crippen LogP contribution in [0.15, 0.2) is 41.5 Å². The molecule has 6 nitrogen and oxygen atoms in total. The number of hydrogen-bond acceptors (Lipinski definition) is 4. The molecule has 0 saturated carbocycles. The number of carbonyl (C=O) groups is 1. The fourth-order valence-corrected chi connectivity index (χ4v) is 3.45. The van der Waals surface area contributed by atoms with E-state index in [1.54, 1.807) is 29.8 Å². The van der Waals surface area contributed by atoms with Gasteiger partial charge in [-0.15, -0.1) is 0 Å². The van der Waals surface area contributed by atoms with Gasteiger partial charge in [0.15, 0.2) is 0 Å². The molecule has 26 heavy (non-hydrogen) atoms. The third kappa shape index (κ3) is 4.31. The predicted octanol–water partition coefficient (Wildman–Crippen LogP) is 2.64. The molecular weight excluding hydrogens is 352 g/mol. The lowest BCUT2D eigenvalue weighted by atomic mass is 9.91. The van der Waals surface area contributed by atoms with Crippen LogP contribution in [-0.4, -0.2) is 39.5 Å². The molecule has 1 fully saturated rings. The zero-order valence-corrected chi connectivity index (χ0v) is 15.7. The number of aromatic nitrogens is 2. The van der Waals surface area contributed by atoms with E-state index in [1.807, 2.05) is 19.2 Å². The summed E-state index contributed by atoms with van der Waals surface area (Å²) in [5, 5.41) is 3.38. The Balaban J connectivity index is 1.66. The first-order valence-corrected chi connectivity index (χ1v) is 9.15. The van der Waals surface area contributed by atoms with Crippen molar-refractivity contribution in [2.75, 3.05) is 18.4 Å². The number of carbonyl (C=O) groups excluding carboxylic acids is 1. The SMILES string of the molecule is CC(C(=O)Nc1ccc(Cl)cn1)N1CCC[C@@H](c2ccc(=O)n(C)c2)C1. The summed E-state index contributed by atoms with van der Waals surface area (Å²) in [6.45, 7) is 3.58. The van der Waals surface area contributed by atoms with Gasteiger partial charge in [-0.2, -0.15) is 0 Å². The second-order valence-electron chi connectivity index (χ2n) is 6.77. The van der Waals surface area contributed by atoms with Gasteiger partial charge in [-0.25, -0.2) is 4.98 Å². The van der Waals surface area contributed by atoms with E-state index in [1.165, 1.54) is 6.20 Å². The summed E-state index contributed by atoms with van der Waals surface area (Å²) in [5.74, 6) is 0.734. The Hall–Kier alpha value is -2.18. The number of nitrogens with zero attached hydrogens (tertiary/aromatic N) is 3. The molecule has 2 aromatic rings. The van der Waals surface area contributed by atoms with E-state index in [0.29, 0.717) is 16.8 Å². The van der Waals surface area contributed by atoms with Gasteiger partial charge in [0.05, 0.1) is 11.1 Å². The number of aryl methyl sites for hydroxylation is 1. The van der Waals surface area contributed by atoms with E-state index in [-0.39, 0.29) is 17.5 Å². The van der Waals surface area contributed by atoms with Gasteiger partial charge in [0.1, 0.15) is 5.82 Å². The number of hydrogen-bond donors (Lipinski definition) is 1. The molecule has 0 aliphatic carbocycles. The molecule has 1 N–H and O–H groups in total. The van der Waals surface area contributed by atoms with Crippen molar-refractivity contribution in [2.24, 2.45) is 7.05 Å². The van der Waals surface area contributed by atoms with Crippen LogP contribution < -0.4 is 10.9 Å². The maximum absolute atomic E-state index is 12.6. The van der Waals surface area contributed by atoms with Gasteiger partial charge in [-0.1, -0.05) is 17.7 Å². The number of anilines is 1. The normalized spacial score (nSPS) is 19.1. The van der Waals surface area contributed by atoms with Crippen molar-refractivity contribution in [1.82, 2.24) is 14.5 Å². The van der Waals surface area contributed by atoms with E-state index in [0.717, 1.165) is 31.5 Å². The van der Waals surface area contributed by atoms with Gasteiger partial charge in [0.2, 0.25) is 11.5 Å². The number of pyridine rings is 2. The molecule has 2 atom stereocenters. The molecule has 0 aromatic carbocycles. The molecule has 7 heteroatoms.